The number of rotatable bonds is 3. The van der Waals surface area contributed by atoms with E-state index in [0.717, 1.165) is 11.1 Å². The van der Waals surface area contributed by atoms with Crippen LogP contribution in [0.1, 0.15) is 29.5 Å². The van der Waals surface area contributed by atoms with Crippen molar-refractivity contribution in [1.82, 2.24) is 0 Å². The number of hydrogen-bond acceptors (Lipinski definition) is 1. The zero-order chi connectivity index (χ0) is 13.1. The van der Waals surface area contributed by atoms with E-state index in [1.54, 1.807) is 19.1 Å². The fraction of sp³-hybridized carbons (Fsp3) is 0.250. The van der Waals surface area contributed by atoms with Crippen molar-refractivity contribution < 1.29 is 9.50 Å². The molecule has 0 aliphatic rings. The highest BCUT2D eigenvalue weighted by molar-refractivity contribution is 5.35. The second kappa shape index (κ2) is 5.32. The topological polar surface area (TPSA) is 20.2 Å². The predicted octanol–water partition coefficient (Wildman–Crippen LogP) is 3.65. The molecule has 0 amide bonds. The lowest BCUT2D eigenvalue weighted by molar-refractivity contribution is 0.176. The highest BCUT2D eigenvalue weighted by Gasteiger charge is 2.19. The molecule has 0 radical (unpaired) electrons. The molecule has 1 unspecified atom stereocenters. The summed E-state index contributed by atoms with van der Waals surface area (Å²) in [6.45, 7) is 3.78. The van der Waals surface area contributed by atoms with Gasteiger partial charge in [-0.3, -0.25) is 0 Å². The van der Waals surface area contributed by atoms with Gasteiger partial charge < -0.3 is 5.11 Å². The first kappa shape index (κ1) is 12.8. The molecule has 1 nitrogen and oxygen atoms in total. The van der Waals surface area contributed by atoms with Crippen LogP contribution in [0.5, 0.6) is 0 Å². The summed E-state index contributed by atoms with van der Waals surface area (Å²) in [5, 5.41) is 9.96. The van der Waals surface area contributed by atoms with Gasteiger partial charge in [0, 0.05) is 5.92 Å². The lowest BCUT2D eigenvalue weighted by atomic mass is 9.87. The first-order valence-corrected chi connectivity index (χ1v) is 6.08. The first-order valence-electron chi connectivity index (χ1n) is 6.08. The maximum absolute atomic E-state index is 12.9. The van der Waals surface area contributed by atoms with Crippen molar-refractivity contribution >= 4 is 0 Å². The van der Waals surface area contributed by atoms with Gasteiger partial charge in [0.15, 0.2) is 0 Å². The van der Waals surface area contributed by atoms with Crippen LogP contribution in [-0.2, 0) is 0 Å². The molecule has 0 aromatic heterocycles. The number of aryl methyl sites for hydroxylation is 1. The third-order valence-electron chi connectivity index (χ3n) is 3.15. The number of benzene rings is 2. The van der Waals surface area contributed by atoms with Crippen LogP contribution < -0.4 is 0 Å². The molecule has 0 saturated heterocycles. The second-order valence-corrected chi connectivity index (χ2v) is 4.68. The molecule has 0 saturated carbocycles. The molecule has 1 N–H and O–H groups in total. The molecule has 2 aromatic rings. The summed E-state index contributed by atoms with van der Waals surface area (Å²) in [5.41, 5.74) is 3.15. The smallest absolute Gasteiger partial charge is 0.123 e. The van der Waals surface area contributed by atoms with Gasteiger partial charge in [0.25, 0.3) is 0 Å². The van der Waals surface area contributed by atoms with Crippen molar-refractivity contribution in [2.75, 3.05) is 0 Å². The SMILES string of the molecule is Cc1ccc(C(c2ccc(F)cc2)[C@H](C)O)cc1. The van der Waals surface area contributed by atoms with Gasteiger partial charge in [-0.1, -0.05) is 42.0 Å². The van der Waals surface area contributed by atoms with Crippen molar-refractivity contribution in [3.8, 4) is 0 Å². The molecule has 0 aliphatic carbocycles. The van der Waals surface area contributed by atoms with Gasteiger partial charge >= 0.3 is 0 Å². The minimum absolute atomic E-state index is 0.119. The summed E-state index contributed by atoms with van der Waals surface area (Å²) < 4.78 is 12.9. The van der Waals surface area contributed by atoms with Crippen molar-refractivity contribution in [2.24, 2.45) is 0 Å². The number of aliphatic hydroxyl groups excluding tert-OH is 1. The molecule has 0 fully saturated rings. The molecule has 0 aliphatic heterocycles. The third-order valence-corrected chi connectivity index (χ3v) is 3.15. The minimum atomic E-state index is -0.516. The zero-order valence-corrected chi connectivity index (χ0v) is 10.6. The van der Waals surface area contributed by atoms with Crippen LogP contribution in [0.4, 0.5) is 4.39 Å². The standard InChI is InChI=1S/C16H17FO/c1-11-3-5-13(6-4-11)16(12(2)18)14-7-9-15(17)10-8-14/h3-10,12,16,18H,1-2H3/t12-,16?/m0/s1. The molecule has 2 rings (SSSR count). The van der Waals surface area contributed by atoms with Crippen molar-refractivity contribution in [2.45, 2.75) is 25.9 Å². The van der Waals surface area contributed by atoms with Gasteiger partial charge in [0.1, 0.15) is 5.82 Å². The molecule has 18 heavy (non-hydrogen) atoms. The van der Waals surface area contributed by atoms with Crippen LogP contribution in [0, 0.1) is 12.7 Å². The van der Waals surface area contributed by atoms with E-state index in [-0.39, 0.29) is 11.7 Å². The van der Waals surface area contributed by atoms with Gasteiger partial charge in [0.05, 0.1) is 6.10 Å². The van der Waals surface area contributed by atoms with E-state index in [0.29, 0.717) is 0 Å². The van der Waals surface area contributed by atoms with E-state index in [9.17, 15) is 9.50 Å². The predicted molar refractivity (Wildman–Crippen MR) is 71.1 cm³/mol. The monoisotopic (exact) mass is 244 g/mol. The van der Waals surface area contributed by atoms with Gasteiger partial charge in [0.2, 0.25) is 0 Å². The van der Waals surface area contributed by atoms with Crippen molar-refractivity contribution in [3.63, 3.8) is 0 Å². The Hall–Kier alpha value is -1.67. The van der Waals surface area contributed by atoms with Gasteiger partial charge in [-0.05, 0) is 37.1 Å². The third kappa shape index (κ3) is 2.77. The quantitative estimate of drug-likeness (QED) is 0.873. The molecule has 0 bridgehead atoms. The maximum Gasteiger partial charge on any atom is 0.123 e. The molecule has 2 aromatic carbocycles. The van der Waals surface area contributed by atoms with Crippen LogP contribution in [0.25, 0.3) is 0 Å². The minimum Gasteiger partial charge on any atom is -0.392 e. The number of hydrogen-bond donors (Lipinski definition) is 1. The van der Waals surface area contributed by atoms with Gasteiger partial charge in [-0.25, -0.2) is 4.39 Å². The molecule has 0 spiro atoms. The Balaban J connectivity index is 2.39. The van der Waals surface area contributed by atoms with Crippen molar-refractivity contribution in [3.05, 3.63) is 71.0 Å². The Labute approximate surface area is 107 Å². The van der Waals surface area contributed by atoms with E-state index in [1.165, 1.54) is 17.7 Å². The highest BCUT2D eigenvalue weighted by Crippen LogP contribution is 2.28. The largest absolute Gasteiger partial charge is 0.392 e. The Kier molecular flexibility index (Phi) is 3.78. The van der Waals surface area contributed by atoms with E-state index in [4.69, 9.17) is 0 Å². The highest BCUT2D eigenvalue weighted by atomic mass is 19.1. The summed E-state index contributed by atoms with van der Waals surface area (Å²) in [5.74, 6) is -0.377. The van der Waals surface area contributed by atoms with Crippen LogP contribution in [0.15, 0.2) is 48.5 Å². The Bertz CT molecular complexity index is 454. The van der Waals surface area contributed by atoms with E-state index in [1.807, 2.05) is 31.2 Å². The van der Waals surface area contributed by atoms with Gasteiger partial charge in [-0.15, -0.1) is 0 Å². The van der Waals surface area contributed by atoms with E-state index < -0.39 is 6.10 Å². The first-order chi connectivity index (χ1) is 8.58. The molecular formula is C16H17FO. The molecule has 0 heterocycles. The average Bonchev–Trinajstić information content (AvgIpc) is 2.34. The Morgan fingerprint density at radius 1 is 0.889 bits per heavy atom. The average molecular weight is 244 g/mol. The summed E-state index contributed by atoms with van der Waals surface area (Å²) in [6, 6.07) is 14.4. The Morgan fingerprint density at radius 2 is 1.33 bits per heavy atom. The number of aliphatic hydroxyl groups is 1. The van der Waals surface area contributed by atoms with E-state index in [2.05, 4.69) is 0 Å². The fourth-order valence-electron chi connectivity index (χ4n) is 2.19. The maximum atomic E-state index is 12.9. The fourth-order valence-corrected chi connectivity index (χ4v) is 2.19. The molecular weight excluding hydrogens is 227 g/mol. The van der Waals surface area contributed by atoms with Crippen LogP contribution >= 0.6 is 0 Å². The van der Waals surface area contributed by atoms with Crippen LogP contribution in [0.3, 0.4) is 0 Å². The summed E-state index contributed by atoms with van der Waals surface area (Å²) in [6.07, 6.45) is -0.516. The lowest BCUT2D eigenvalue weighted by Crippen LogP contribution is -2.16. The lowest BCUT2D eigenvalue weighted by Gasteiger charge is -2.21. The number of halogens is 1. The van der Waals surface area contributed by atoms with Crippen LogP contribution in [-0.4, -0.2) is 11.2 Å². The van der Waals surface area contributed by atoms with Gasteiger partial charge in [-0.2, -0.15) is 0 Å². The van der Waals surface area contributed by atoms with E-state index >= 15 is 0 Å². The summed E-state index contributed by atoms with van der Waals surface area (Å²) >= 11 is 0. The molecule has 2 heteroatoms. The normalized spacial score (nSPS) is 14.2. The Morgan fingerprint density at radius 3 is 1.78 bits per heavy atom. The second-order valence-electron chi connectivity index (χ2n) is 4.68. The van der Waals surface area contributed by atoms with Crippen molar-refractivity contribution in [1.29, 1.82) is 0 Å². The molecule has 94 valence electrons. The van der Waals surface area contributed by atoms with Crippen LogP contribution in [0.2, 0.25) is 0 Å². The zero-order valence-electron chi connectivity index (χ0n) is 10.6. The summed E-state index contributed by atoms with van der Waals surface area (Å²) in [7, 11) is 0. The summed E-state index contributed by atoms with van der Waals surface area (Å²) in [4.78, 5) is 0. The molecule has 2 atom stereocenters.